The third-order valence-corrected chi connectivity index (χ3v) is 6.67. The molecule has 1 N–H and O–H groups in total. The van der Waals surface area contributed by atoms with Gasteiger partial charge in [-0.3, -0.25) is 0 Å². The lowest BCUT2D eigenvalue weighted by atomic mass is 9.73. The predicted octanol–water partition coefficient (Wildman–Crippen LogP) is 3.57. The van der Waals surface area contributed by atoms with Crippen LogP contribution < -0.4 is 0 Å². The van der Waals surface area contributed by atoms with Gasteiger partial charge < -0.3 is 14.7 Å². The number of hydrogen-bond donors (Lipinski definition) is 1. The summed E-state index contributed by atoms with van der Waals surface area (Å²) in [5.74, 6) is 1.02. The van der Waals surface area contributed by atoms with Crippen molar-refractivity contribution < 1.29 is 9.84 Å². The highest BCUT2D eigenvalue weighted by molar-refractivity contribution is 5.23. The summed E-state index contributed by atoms with van der Waals surface area (Å²) in [5, 5.41) is 11.7. The van der Waals surface area contributed by atoms with Crippen LogP contribution in [0.25, 0.3) is 0 Å². The average molecular weight is 329 g/mol. The number of benzene rings is 1. The maximum Gasteiger partial charge on any atom is 0.116 e. The zero-order chi connectivity index (χ0) is 16.4. The van der Waals surface area contributed by atoms with Crippen molar-refractivity contribution >= 4 is 0 Å². The quantitative estimate of drug-likeness (QED) is 0.896. The first-order valence-corrected chi connectivity index (χ1v) is 9.87. The van der Waals surface area contributed by atoms with Gasteiger partial charge in [0.1, 0.15) is 5.60 Å². The van der Waals surface area contributed by atoms with Crippen LogP contribution >= 0.6 is 0 Å². The van der Waals surface area contributed by atoms with E-state index in [0.717, 1.165) is 24.9 Å². The van der Waals surface area contributed by atoms with E-state index in [9.17, 15) is 5.11 Å². The SMILES string of the molecule is O[C@](COC1CN2CCC1CC2)(c1ccccc1)C1CCCCC1. The number of rotatable bonds is 5. The molecule has 1 unspecified atom stereocenters. The van der Waals surface area contributed by atoms with Crippen LogP contribution in [0, 0.1) is 11.8 Å². The van der Waals surface area contributed by atoms with E-state index in [1.54, 1.807) is 0 Å². The minimum Gasteiger partial charge on any atom is -0.382 e. The average Bonchev–Trinajstić information content (AvgIpc) is 2.68. The topological polar surface area (TPSA) is 32.7 Å². The van der Waals surface area contributed by atoms with Crippen LogP contribution in [0.2, 0.25) is 0 Å². The lowest BCUT2D eigenvalue weighted by molar-refractivity contribution is -0.148. The van der Waals surface area contributed by atoms with Gasteiger partial charge in [0.05, 0.1) is 12.7 Å². The molecule has 1 aliphatic carbocycles. The molecule has 2 bridgehead atoms. The van der Waals surface area contributed by atoms with Crippen LogP contribution in [0.3, 0.4) is 0 Å². The van der Waals surface area contributed by atoms with Crippen LogP contribution in [0.5, 0.6) is 0 Å². The molecular formula is C21H31NO2. The molecule has 0 radical (unpaired) electrons. The van der Waals surface area contributed by atoms with Crippen molar-refractivity contribution in [3.63, 3.8) is 0 Å². The second kappa shape index (κ2) is 7.15. The molecule has 4 aliphatic rings. The number of nitrogens with zero attached hydrogens (tertiary/aromatic N) is 1. The normalized spacial score (nSPS) is 33.3. The van der Waals surface area contributed by atoms with E-state index >= 15 is 0 Å². The summed E-state index contributed by atoms with van der Waals surface area (Å²) >= 11 is 0. The Morgan fingerprint density at radius 2 is 1.71 bits per heavy atom. The largest absolute Gasteiger partial charge is 0.382 e. The Balaban J connectivity index is 1.50. The van der Waals surface area contributed by atoms with E-state index in [1.165, 1.54) is 45.2 Å². The van der Waals surface area contributed by atoms with Crippen molar-refractivity contribution in [1.82, 2.24) is 4.90 Å². The minimum atomic E-state index is -0.826. The molecule has 3 saturated heterocycles. The van der Waals surface area contributed by atoms with Crippen molar-refractivity contribution in [2.24, 2.45) is 11.8 Å². The fourth-order valence-electron chi connectivity index (χ4n) is 5.08. The third-order valence-electron chi connectivity index (χ3n) is 6.67. The standard InChI is InChI=1S/C21H31NO2/c23-21(18-7-3-1-4-8-18,19-9-5-2-6-10-19)16-24-20-15-22-13-11-17(20)12-14-22/h1,3-4,7-8,17,19-20,23H,2,5-6,9-16H2/t20?,21-/m1/s1. The number of aliphatic hydroxyl groups is 1. The lowest BCUT2D eigenvalue weighted by Crippen LogP contribution is -2.53. The molecule has 4 fully saturated rings. The second-order valence-corrected chi connectivity index (χ2v) is 8.11. The van der Waals surface area contributed by atoms with Gasteiger partial charge in [-0.05, 0) is 56.2 Å². The maximum atomic E-state index is 11.7. The van der Waals surface area contributed by atoms with E-state index in [1.807, 2.05) is 18.2 Å². The summed E-state index contributed by atoms with van der Waals surface area (Å²) in [4.78, 5) is 2.52. The summed E-state index contributed by atoms with van der Waals surface area (Å²) in [7, 11) is 0. The first-order valence-electron chi connectivity index (χ1n) is 9.87. The Morgan fingerprint density at radius 1 is 1.00 bits per heavy atom. The first-order chi connectivity index (χ1) is 11.8. The summed E-state index contributed by atoms with van der Waals surface area (Å²) in [6.07, 6.45) is 8.85. The molecule has 24 heavy (non-hydrogen) atoms. The Hall–Kier alpha value is -0.900. The van der Waals surface area contributed by atoms with E-state index in [-0.39, 0.29) is 0 Å². The van der Waals surface area contributed by atoms with Gasteiger partial charge in [0, 0.05) is 6.54 Å². The lowest BCUT2D eigenvalue weighted by Gasteiger charge is -2.46. The van der Waals surface area contributed by atoms with Gasteiger partial charge in [-0.25, -0.2) is 0 Å². The number of ether oxygens (including phenoxy) is 1. The van der Waals surface area contributed by atoms with Gasteiger partial charge in [0.25, 0.3) is 0 Å². The van der Waals surface area contributed by atoms with Crippen molar-refractivity contribution in [2.45, 2.75) is 56.7 Å². The van der Waals surface area contributed by atoms with Gasteiger partial charge in [-0.1, -0.05) is 49.6 Å². The predicted molar refractivity (Wildman–Crippen MR) is 95.8 cm³/mol. The molecule has 0 amide bonds. The number of piperidine rings is 3. The Bertz CT molecular complexity index is 520. The Kier molecular flexibility index (Phi) is 4.93. The fraction of sp³-hybridized carbons (Fsp3) is 0.714. The molecule has 1 aromatic rings. The van der Waals surface area contributed by atoms with Gasteiger partial charge >= 0.3 is 0 Å². The molecule has 0 aromatic heterocycles. The third kappa shape index (κ3) is 3.26. The van der Waals surface area contributed by atoms with Crippen LogP contribution in [-0.4, -0.2) is 42.4 Å². The van der Waals surface area contributed by atoms with E-state index in [2.05, 4.69) is 17.0 Å². The van der Waals surface area contributed by atoms with Crippen LogP contribution in [0.4, 0.5) is 0 Å². The maximum absolute atomic E-state index is 11.7. The van der Waals surface area contributed by atoms with Crippen molar-refractivity contribution in [3.8, 4) is 0 Å². The van der Waals surface area contributed by atoms with Gasteiger partial charge in [0.15, 0.2) is 0 Å². The molecule has 3 aliphatic heterocycles. The van der Waals surface area contributed by atoms with Gasteiger partial charge in [-0.2, -0.15) is 0 Å². The zero-order valence-electron chi connectivity index (χ0n) is 14.7. The second-order valence-electron chi connectivity index (χ2n) is 8.11. The first kappa shape index (κ1) is 16.6. The molecule has 132 valence electrons. The Morgan fingerprint density at radius 3 is 2.33 bits per heavy atom. The smallest absolute Gasteiger partial charge is 0.116 e. The molecule has 1 aromatic carbocycles. The van der Waals surface area contributed by atoms with E-state index < -0.39 is 5.60 Å². The fourth-order valence-corrected chi connectivity index (χ4v) is 5.08. The summed E-state index contributed by atoms with van der Waals surface area (Å²) in [6, 6.07) is 10.3. The molecule has 3 heteroatoms. The van der Waals surface area contributed by atoms with Crippen LogP contribution in [0.1, 0.15) is 50.5 Å². The molecule has 0 spiro atoms. The van der Waals surface area contributed by atoms with E-state index in [4.69, 9.17) is 4.74 Å². The summed E-state index contributed by atoms with van der Waals surface area (Å²) in [6.45, 7) is 3.98. The van der Waals surface area contributed by atoms with E-state index in [0.29, 0.717) is 24.5 Å². The number of fused-ring (bicyclic) bond motifs is 3. The number of hydrogen-bond acceptors (Lipinski definition) is 3. The highest BCUT2D eigenvalue weighted by Crippen LogP contribution is 2.40. The highest BCUT2D eigenvalue weighted by atomic mass is 16.5. The molecule has 3 nitrogen and oxygen atoms in total. The zero-order valence-corrected chi connectivity index (χ0v) is 14.7. The minimum absolute atomic E-state index is 0.311. The molecule has 2 atom stereocenters. The van der Waals surface area contributed by atoms with Gasteiger partial charge in [0.2, 0.25) is 0 Å². The molecule has 3 heterocycles. The van der Waals surface area contributed by atoms with Crippen LogP contribution in [0.15, 0.2) is 30.3 Å². The van der Waals surface area contributed by atoms with Crippen molar-refractivity contribution in [3.05, 3.63) is 35.9 Å². The summed E-state index contributed by atoms with van der Waals surface area (Å²) in [5.41, 5.74) is 0.214. The van der Waals surface area contributed by atoms with Crippen molar-refractivity contribution in [1.29, 1.82) is 0 Å². The monoisotopic (exact) mass is 329 g/mol. The van der Waals surface area contributed by atoms with Crippen molar-refractivity contribution in [2.75, 3.05) is 26.2 Å². The molecular weight excluding hydrogens is 298 g/mol. The Labute approximate surface area is 146 Å². The van der Waals surface area contributed by atoms with Crippen LogP contribution in [-0.2, 0) is 10.3 Å². The molecule has 1 saturated carbocycles. The summed E-state index contributed by atoms with van der Waals surface area (Å²) < 4.78 is 6.40. The van der Waals surface area contributed by atoms with Gasteiger partial charge in [-0.15, -0.1) is 0 Å². The highest BCUT2D eigenvalue weighted by Gasteiger charge is 2.42. The molecule has 5 rings (SSSR count).